The van der Waals surface area contributed by atoms with Crippen LogP contribution in [0.1, 0.15) is 33.1 Å². The average molecular weight is 171 g/mol. The summed E-state index contributed by atoms with van der Waals surface area (Å²) in [5.74, 6) is 0.756. The molecule has 1 aliphatic heterocycles. The van der Waals surface area contributed by atoms with Crippen molar-refractivity contribution >= 4 is 0 Å². The third-order valence-electron chi connectivity index (χ3n) is 2.51. The lowest BCUT2D eigenvalue weighted by atomic mass is 9.98. The third kappa shape index (κ3) is 2.76. The highest BCUT2D eigenvalue weighted by Gasteiger charge is 2.24. The van der Waals surface area contributed by atoms with Crippen molar-refractivity contribution in [1.82, 2.24) is 5.32 Å². The molecule has 0 aromatic heterocycles. The lowest BCUT2D eigenvalue weighted by Crippen LogP contribution is -2.38. The van der Waals surface area contributed by atoms with Crippen molar-refractivity contribution in [3.8, 4) is 0 Å². The Labute approximate surface area is 75.7 Å². The summed E-state index contributed by atoms with van der Waals surface area (Å²) < 4.78 is 5.64. The summed E-state index contributed by atoms with van der Waals surface area (Å²) >= 11 is 0. The molecule has 0 aromatic rings. The molecule has 72 valence electrons. The van der Waals surface area contributed by atoms with Gasteiger partial charge in [-0.25, -0.2) is 0 Å². The van der Waals surface area contributed by atoms with Gasteiger partial charge in [0.2, 0.25) is 0 Å². The van der Waals surface area contributed by atoms with E-state index in [1.54, 1.807) is 0 Å². The standard InChI is InChI=1S/C10H21NO/c1-8(2)7-9(11-3)10-5-4-6-12-10/h8-11H,4-7H2,1-3H3. The lowest BCUT2D eigenvalue weighted by Gasteiger charge is -2.23. The van der Waals surface area contributed by atoms with Crippen molar-refractivity contribution < 1.29 is 4.74 Å². The summed E-state index contributed by atoms with van der Waals surface area (Å²) in [5.41, 5.74) is 0. The molecule has 1 heterocycles. The van der Waals surface area contributed by atoms with Crippen molar-refractivity contribution in [2.45, 2.75) is 45.3 Å². The summed E-state index contributed by atoms with van der Waals surface area (Å²) in [5, 5.41) is 3.35. The Bertz CT molecular complexity index is 119. The highest BCUT2D eigenvalue weighted by molar-refractivity contribution is 4.79. The zero-order valence-electron chi connectivity index (χ0n) is 8.47. The Balaban J connectivity index is 2.32. The van der Waals surface area contributed by atoms with E-state index in [-0.39, 0.29) is 0 Å². The van der Waals surface area contributed by atoms with E-state index in [9.17, 15) is 0 Å². The first-order valence-electron chi connectivity index (χ1n) is 5.03. The van der Waals surface area contributed by atoms with Crippen LogP contribution in [0, 0.1) is 5.92 Å². The lowest BCUT2D eigenvalue weighted by molar-refractivity contribution is 0.0740. The van der Waals surface area contributed by atoms with Crippen molar-refractivity contribution in [1.29, 1.82) is 0 Å². The average Bonchev–Trinajstić information content (AvgIpc) is 2.51. The molecule has 0 amide bonds. The van der Waals surface area contributed by atoms with Gasteiger partial charge in [-0.15, -0.1) is 0 Å². The van der Waals surface area contributed by atoms with Crippen molar-refractivity contribution in [3.63, 3.8) is 0 Å². The highest BCUT2D eigenvalue weighted by atomic mass is 16.5. The molecule has 0 aliphatic carbocycles. The van der Waals surface area contributed by atoms with Gasteiger partial charge in [0.15, 0.2) is 0 Å². The Morgan fingerprint density at radius 1 is 1.50 bits per heavy atom. The van der Waals surface area contributed by atoms with Gasteiger partial charge in [-0.3, -0.25) is 0 Å². The Morgan fingerprint density at radius 3 is 2.67 bits per heavy atom. The van der Waals surface area contributed by atoms with Gasteiger partial charge < -0.3 is 10.1 Å². The van der Waals surface area contributed by atoms with Gasteiger partial charge in [0.05, 0.1) is 6.10 Å². The Kier molecular flexibility index (Phi) is 4.02. The molecule has 0 radical (unpaired) electrons. The van der Waals surface area contributed by atoms with Crippen LogP contribution in [0.5, 0.6) is 0 Å². The minimum atomic E-state index is 0.470. The largest absolute Gasteiger partial charge is 0.377 e. The first-order chi connectivity index (χ1) is 5.74. The van der Waals surface area contributed by atoms with Crippen LogP contribution >= 0.6 is 0 Å². The molecule has 1 rings (SSSR count). The van der Waals surface area contributed by atoms with E-state index in [4.69, 9.17) is 4.74 Å². The zero-order chi connectivity index (χ0) is 8.97. The monoisotopic (exact) mass is 171 g/mol. The number of rotatable bonds is 4. The molecule has 1 aliphatic rings. The van der Waals surface area contributed by atoms with E-state index in [0.29, 0.717) is 12.1 Å². The van der Waals surface area contributed by atoms with Crippen LogP contribution in [0.25, 0.3) is 0 Å². The second-order valence-corrected chi connectivity index (χ2v) is 4.08. The van der Waals surface area contributed by atoms with Gasteiger partial charge in [0.25, 0.3) is 0 Å². The number of hydrogen-bond donors (Lipinski definition) is 1. The zero-order valence-corrected chi connectivity index (χ0v) is 8.47. The minimum Gasteiger partial charge on any atom is -0.377 e. The maximum atomic E-state index is 5.64. The molecule has 1 N–H and O–H groups in total. The van der Waals surface area contributed by atoms with E-state index in [1.165, 1.54) is 19.3 Å². The van der Waals surface area contributed by atoms with Crippen molar-refractivity contribution in [2.75, 3.05) is 13.7 Å². The molecule has 0 bridgehead atoms. The minimum absolute atomic E-state index is 0.470. The van der Waals surface area contributed by atoms with E-state index in [0.717, 1.165) is 12.5 Å². The number of nitrogens with one attached hydrogen (secondary N) is 1. The predicted molar refractivity (Wildman–Crippen MR) is 51.3 cm³/mol. The van der Waals surface area contributed by atoms with E-state index in [2.05, 4.69) is 19.2 Å². The molecule has 1 saturated heterocycles. The fraction of sp³-hybridized carbons (Fsp3) is 1.00. The summed E-state index contributed by atoms with van der Waals surface area (Å²) in [6, 6.07) is 0.562. The Morgan fingerprint density at radius 2 is 2.25 bits per heavy atom. The SMILES string of the molecule is CNC(CC(C)C)C1CCCO1. The summed E-state index contributed by atoms with van der Waals surface area (Å²) in [4.78, 5) is 0. The van der Waals surface area contributed by atoms with Crippen LogP contribution in [-0.4, -0.2) is 25.8 Å². The number of likely N-dealkylation sites (N-methyl/N-ethyl adjacent to an activating group) is 1. The van der Waals surface area contributed by atoms with Crippen LogP contribution in [0.15, 0.2) is 0 Å². The molecular formula is C10H21NO. The van der Waals surface area contributed by atoms with Crippen LogP contribution in [0.2, 0.25) is 0 Å². The second-order valence-electron chi connectivity index (χ2n) is 4.08. The normalized spacial score (nSPS) is 26.5. The van der Waals surface area contributed by atoms with E-state index < -0.39 is 0 Å². The molecular weight excluding hydrogens is 150 g/mol. The van der Waals surface area contributed by atoms with Gasteiger partial charge in [-0.2, -0.15) is 0 Å². The summed E-state index contributed by atoms with van der Waals surface area (Å²) in [6.45, 7) is 5.49. The number of ether oxygens (including phenoxy) is 1. The summed E-state index contributed by atoms with van der Waals surface area (Å²) in [6.07, 6.45) is 4.16. The van der Waals surface area contributed by atoms with Crippen LogP contribution in [0.4, 0.5) is 0 Å². The molecule has 0 spiro atoms. The maximum absolute atomic E-state index is 5.64. The van der Waals surface area contributed by atoms with Gasteiger partial charge in [-0.05, 0) is 32.2 Å². The topological polar surface area (TPSA) is 21.3 Å². The molecule has 12 heavy (non-hydrogen) atoms. The molecule has 2 nitrogen and oxygen atoms in total. The highest BCUT2D eigenvalue weighted by Crippen LogP contribution is 2.19. The molecule has 0 aromatic carbocycles. The molecule has 2 atom stereocenters. The Hall–Kier alpha value is -0.0800. The van der Waals surface area contributed by atoms with Crippen molar-refractivity contribution in [3.05, 3.63) is 0 Å². The predicted octanol–water partition coefficient (Wildman–Crippen LogP) is 1.80. The van der Waals surface area contributed by atoms with Gasteiger partial charge in [0, 0.05) is 12.6 Å². The van der Waals surface area contributed by atoms with Gasteiger partial charge in [0.1, 0.15) is 0 Å². The fourth-order valence-electron chi connectivity index (χ4n) is 1.88. The molecule has 0 saturated carbocycles. The number of hydrogen-bond acceptors (Lipinski definition) is 2. The first-order valence-corrected chi connectivity index (χ1v) is 5.03. The molecule has 1 fully saturated rings. The molecule has 2 unspecified atom stereocenters. The van der Waals surface area contributed by atoms with E-state index in [1.807, 2.05) is 7.05 Å². The first kappa shape index (κ1) is 10.0. The smallest absolute Gasteiger partial charge is 0.0728 e. The van der Waals surface area contributed by atoms with E-state index >= 15 is 0 Å². The quantitative estimate of drug-likeness (QED) is 0.696. The molecule has 2 heteroatoms. The van der Waals surface area contributed by atoms with Crippen LogP contribution < -0.4 is 5.32 Å². The van der Waals surface area contributed by atoms with Crippen LogP contribution in [-0.2, 0) is 4.74 Å². The fourth-order valence-corrected chi connectivity index (χ4v) is 1.88. The third-order valence-corrected chi connectivity index (χ3v) is 2.51. The second kappa shape index (κ2) is 4.83. The van der Waals surface area contributed by atoms with Gasteiger partial charge in [-0.1, -0.05) is 13.8 Å². The maximum Gasteiger partial charge on any atom is 0.0728 e. The van der Waals surface area contributed by atoms with Gasteiger partial charge >= 0.3 is 0 Å². The summed E-state index contributed by atoms with van der Waals surface area (Å²) in [7, 11) is 2.04. The van der Waals surface area contributed by atoms with Crippen LogP contribution in [0.3, 0.4) is 0 Å². The van der Waals surface area contributed by atoms with Crippen molar-refractivity contribution in [2.24, 2.45) is 5.92 Å².